The molecule has 0 aliphatic rings. The van der Waals surface area contributed by atoms with Crippen molar-refractivity contribution in [2.24, 2.45) is 0 Å². The average molecular weight is 159 g/mol. The second-order valence-corrected chi connectivity index (χ2v) is 1.28. The first-order chi connectivity index (χ1) is 3.89. The number of aliphatic carboxylic acids is 2. The summed E-state index contributed by atoms with van der Waals surface area (Å²) in [4.78, 5) is 19.2. The summed E-state index contributed by atoms with van der Waals surface area (Å²) >= 11 is 0. The van der Waals surface area contributed by atoms with Gasteiger partial charge in [-0.1, -0.05) is 0 Å². The first-order valence-electron chi connectivity index (χ1n) is 1.80. The second-order valence-electron chi connectivity index (χ2n) is 1.28. The summed E-state index contributed by atoms with van der Waals surface area (Å²) in [6, 6.07) is 0. The maximum Gasteiger partial charge on any atom is 1.00 e. The van der Waals surface area contributed by atoms with Crippen LogP contribution >= 0.6 is 0 Å². The van der Waals surface area contributed by atoms with Gasteiger partial charge in [-0.15, -0.1) is 0 Å². The minimum atomic E-state index is -3.67. The fourth-order valence-electron chi connectivity index (χ4n) is 0.0915. The summed E-state index contributed by atoms with van der Waals surface area (Å²) in [5.41, 5.74) is 0. The third kappa shape index (κ3) is 2.63. The van der Waals surface area contributed by atoms with Crippen molar-refractivity contribution < 1.29 is 59.6 Å². The van der Waals surface area contributed by atoms with Gasteiger partial charge in [0.05, 0.1) is 0 Å². The van der Waals surface area contributed by atoms with Gasteiger partial charge in [-0.05, 0) is 0 Å². The Morgan fingerprint density at radius 2 is 1.20 bits per heavy atom. The molecular formula is C3H4NaO6+. The van der Waals surface area contributed by atoms with E-state index in [1.807, 2.05) is 0 Å². The molecule has 0 aromatic carbocycles. The van der Waals surface area contributed by atoms with Crippen LogP contribution in [0.5, 0.6) is 0 Å². The van der Waals surface area contributed by atoms with E-state index in [1.165, 1.54) is 0 Å². The minimum Gasteiger partial charge on any atom is -0.477 e. The molecular weight excluding hydrogens is 155 g/mol. The van der Waals surface area contributed by atoms with Crippen LogP contribution in [-0.2, 0) is 9.59 Å². The van der Waals surface area contributed by atoms with Crippen LogP contribution in [0.15, 0.2) is 0 Å². The van der Waals surface area contributed by atoms with Crippen molar-refractivity contribution in [2.75, 3.05) is 0 Å². The summed E-state index contributed by atoms with van der Waals surface area (Å²) < 4.78 is 0. The standard InChI is InChI=1S/C3H4O6.Na/c4-1(5)3(8,9)2(6)7;/h8-9H,(H,4,5)(H,6,7);/q;+1. The Morgan fingerprint density at radius 1 is 1.00 bits per heavy atom. The zero-order valence-electron chi connectivity index (χ0n) is 5.11. The molecule has 0 radical (unpaired) electrons. The number of hydrogen-bond donors (Lipinski definition) is 4. The molecule has 0 aromatic heterocycles. The topological polar surface area (TPSA) is 115 Å². The van der Waals surface area contributed by atoms with E-state index >= 15 is 0 Å². The quantitative estimate of drug-likeness (QED) is 0.182. The Bertz CT molecular complexity index is 135. The van der Waals surface area contributed by atoms with Gasteiger partial charge in [0.1, 0.15) is 0 Å². The molecule has 52 valence electrons. The molecule has 6 nitrogen and oxygen atoms in total. The number of carboxylic acid groups (broad SMARTS) is 2. The van der Waals surface area contributed by atoms with Crippen LogP contribution in [0.2, 0.25) is 0 Å². The van der Waals surface area contributed by atoms with E-state index in [2.05, 4.69) is 0 Å². The van der Waals surface area contributed by atoms with Crippen LogP contribution in [0.25, 0.3) is 0 Å². The van der Waals surface area contributed by atoms with Gasteiger partial charge in [0.2, 0.25) is 0 Å². The molecule has 0 amide bonds. The van der Waals surface area contributed by atoms with E-state index in [-0.39, 0.29) is 29.6 Å². The summed E-state index contributed by atoms with van der Waals surface area (Å²) in [7, 11) is 0. The van der Waals surface area contributed by atoms with Crippen LogP contribution in [0, 0.1) is 0 Å². The van der Waals surface area contributed by atoms with Crippen LogP contribution in [0.1, 0.15) is 0 Å². The maximum absolute atomic E-state index is 9.58. The smallest absolute Gasteiger partial charge is 0.477 e. The van der Waals surface area contributed by atoms with E-state index < -0.39 is 17.7 Å². The molecule has 0 bridgehead atoms. The third-order valence-corrected chi connectivity index (χ3v) is 0.596. The van der Waals surface area contributed by atoms with E-state index in [0.29, 0.717) is 0 Å². The van der Waals surface area contributed by atoms with E-state index in [4.69, 9.17) is 20.4 Å². The second kappa shape index (κ2) is 3.89. The van der Waals surface area contributed by atoms with E-state index in [1.54, 1.807) is 0 Å². The number of carbonyl (C=O) groups is 2. The van der Waals surface area contributed by atoms with Gasteiger partial charge in [0, 0.05) is 0 Å². The van der Waals surface area contributed by atoms with Crippen molar-refractivity contribution in [2.45, 2.75) is 5.79 Å². The van der Waals surface area contributed by atoms with Gasteiger partial charge in [0.25, 0.3) is 0 Å². The fourth-order valence-corrected chi connectivity index (χ4v) is 0.0915. The van der Waals surface area contributed by atoms with Gasteiger partial charge in [0.15, 0.2) is 0 Å². The number of aliphatic hydroxyl groups is 2. The Labute approximate surface area is 77.4 Å². The molecule has 4 N–H and O–H groups in total. The van der Waals surface area contributed by atoms with Gasteiger partial charge in [-0.3, -0.25) is 0 Å². The van der Waals surface area contributed by atoms with E-state index in [9.17, 15) is 9.59 Å². The predicted molar refractivity (Wildman–Crippen MR) is 22.4 cm³/mol. The average Bonchev–Trinajstić information content (AvgIpc) is 1.65. The van der Waals surface area contributed by atoms with Gasteiger partial charge in [-0.25, -0.2) is 9.59 Å². The molecule has 0 rings (SSSR count). The molecule has 0 saturated carbocycles. The van der Waals surface area contributed by atoms with Crippen molar-refractivity contribution in [1.82, 2.24) is 0 Å². The SMILES string of the molecule is O=C(O)C(O)(O)C(=O)O.[Na+]. The van der Waals surface area contributed by atoms with Crippen LogP contribution in [-0.4, -0.2) is 38.2 Å². The molecule has 0 aliphatic heterocycles. The first kappa shape index (κ1) is 12.5. The van der Waals surface area contributed by atoms with Crippen LogP contribution in [0.3, 0.4) is 0 Å². The van der Waals surface area contributed by atoms with Crippen LogP contribution < -0.4 is 29.6 Å². The number of carboxylic acids is 2. The molecule has 0 fully saturated rings. The fraction of sp³-hybridized carbons (Fsp3) is 0.333. The zero-order chi connectivity index (χ0) is 7.65. The summed E-state index contributed by atoms with van der Waals surface area (Å²) in [5.74, 6) is -8.09. The largest absolute Gasteiger partial charge is 1.00 e. The third-order valence-electron chi connectivity index (χ3n) is 0.596. The Hall–Kier alpha value is -0.140. The van der Waals surface area contributed by atoms with Gasteiger partial charge >= 0.3 is 47.3 Å². The normalized spacial score (nSPS) is 9.80. The van der Waals surface area contributed by atoms with Crippen molar-refractivity contribution in [1.29, 1.82) is 0 Å². The zero-order valence-corrected chi connectivity index (χ0v) is 7.11. The summed E-state index contributed by atoms with van der Waals surface area (Å²) in [6.07, 6.45) is 0. The maximum atomic E-state index is 9.58. The number of rotatable bonds is 2. The molecule has 0 heterocycles. The molecule has 0 unspecified atom stereocenters. The van der Waals surface area contributed by atoms with Crippen molar-refractivity contribution in [3.8, 4) is 0 Å². The summed E-state index contributed by atoms with van der Waals surface area (Å²) in [6.45, 7) is 0. The van der Waals surface area contributed by atoms with Crippen molar-refractivity contribution in [3.05, 3.63) is 0 Å². The summed E-state index contributed by atoms with van der Waals surface area (Å²) in [5, 5.41) is 31.5. The predicted octanol–water partition coefficient (Wildman–Crippen LogP) is -5.16. The first-order valence-corrected chi connectivity index (χ1v) is 1.80. The van der Waals surface area contributed by atoms with Crippen molar-refractivity contribution in [3.63, 3.8) is 0 Å². The molecule has 0 aromatic rings. The molecule has 7 heteroatoms. The monoisotopic (exact) mass is 159 g/mol. The molecule has 10 heavy (non-hydrogen) atoms. The van der Waals surface area contributed by atoms with E-state index in [0.717, 1.165) is 0 Å². The molecule has 0 saturated heterocycles. The Kier molecular flexibility index (Phi) is 4.88. The molecule has 0 atom stereocenters. The van der Waals surface area contributed by atoms with Crippen LogP contribution in [0.4, 0.5) is 0 Å². The van der Waals surface area contributed by atoms with Gasteiger partial charge in [-0.2, -0.15) is 0 Å². The molecule has 0 aliphatic carbocycles. The Morgan fingerprint density at radius 3 is 1.20 bits per heavy atom. The number of hydrogen-bond acceptors (Lipinski definition) is 4. The molecule has 0 spiro atoms. The van der Waals surface area contributed by atoms with Gasteiger partial charge < -0.3 is 20.4 Å². The van der Waals surface area contributed by atoms with Crippen molar-refractivity contribution >= 4 is 11.9 Å². The minimum absolute atomic E-state index is 0. The Balaban J connectivity index is 0.